The number of rotatable bonds is 2. The Morgan fingerprint density at radius 2 is 2.00 bits per heavy atom. The number of hydrogen-bond acceptors (Lipinski definition) is 2. The van der Waals surface area contributed by atoms with Crippen LogP contribution in [0.1, 0.15) is 15.9 Å². The van der Waals surface area contributed by atoms with E-state index in [4.69, 9.17) is 11.6 Å². The van der Waals surface area contributed by atoms with Crippen molar-refractivity contribution in [2.45, 2.75) is 0 Å². The lowest BCUT2D eigenvalue weighted by molar-refractivity contribution is 0.103. The summed E-state index contributed by atoms with van der Waals surface area (Å²) in [6, 6.07) is 8.74. The summed E-state index contributed by atoms with van der Waals surface area (Å²) in [6.07, 6.45) is 1.41. The van der Waals surface area contributed by atoms with Crippen LogP contribution in [0.3, 0.4) is 0 Å². The Balaban J connectivity index is 2.44. The summed E-state index contributed by atoms with van der Waals surface area (Å²) in [5.41, 5.74) is 0.356. The zero-order valence-corrected chi connectivity index (χ0v) is 8.91. The number of benzene rings is 1. The number of aromatic nitrogens is 1. The molecule has 1 heterocycles. The molecule has 0 unspecified atom stereocenters. The average molecular weight is 236 g/mol. The molecule has 0 aliphatic heterocycles. The molecule has 16 heavy (non-hydrogen) atoms. The van der Waals surface area contributed by atoms with E-state index >= 15 is 0 Å². The Hall–Kier alpha value is -1.74. The molecule has 0 N–H and O–H groups in total. The Morgan fingerprint density at radius 1 is 1.25 bits per heavy atom. The topological polar surface area (TPSA) is 30.0 Å². The van der Waals surface area contributed by atoms with Gasteiger partial charge >= 0.3 is 0 Å². The van der Waals surface area contributed by atoms with E-state index in [0.29, 0.717) is 5.56 Å². The SMILES string of the molecule is O=C(c1ccnc(Cl)c1)c1ccccc1F. The van der Waals surface area contributed by atoms with Crippen molar-refractivity contribution >= 4 is 17.4 Å². The minimum atomic E-state index is -0.541. The van der Waals surface area contributed by atoms with Crippen LogP contribution in [0.15, 0.2) is 42.6 Å². The highest BCUT2D eigenvalue weighted by atomic mass is 35.5. The van der Waals surface area contributed by atoms with Gasteiger partial charge in [0.1, 0.15) is 11.0 Å². The third-order valence-electron chi connectivity index (χ3n) is 2.11. The molecule has 0 atom stereocenters. The van der Waals surface area contributed by atoms with Gasteiger partial charge in [0.2, 0.25) is 0 Å². The quantitative estimate of drug-likeness (QED) is 0.591. The van der Waals surface area contributed by atoms with Crippen LogP contribution in [0.2, 0.25) is 5.15 Å². The van der Waals surface area contributed by atoms with Crippen LogP contribution in [0, 0.1) is 5.82 Å². The summed E-state index contributed by atoms with van der Waals surface area (Å²) in [5.74, 6) is -0.942. The number of hydrogen-bond donors (Lipinski definition) is 0. The lowest BCUT2D eigenvalue weighted by atomic mass is 10.0. The molecule has 0 aliphatic carbocycles. The number of carbonyl (C=O) groups excluding carboxylic acids is 1. The minimum absolute atomic E-state index is 0.0322. The first kappa shape index (κ1) is 10.8. The molecule has 80 valence electrons. The fourth-order valence-electron chi connectivity index (χ4n) is 1.34. The van der Waals surface area contributed by atoms with Crippen molar-refractivity contribution in [3.63, 3.8) is 0 Å². The monoisotopic (exact) mass is 235 g/mol. The second kappa shape index (κ2) is 4.41. The molecule has 0 spiro atoms. The number of halogens is 2. The van der Waals surface area contributed by atoms with Gasteiger partial charge in [-0.05, 0) is 24.3 Å². The third kappa shape index (κ3) is 2.09. The van der Waals surface area contributed by atoms with Crippen molar-refractivity contribution < 1.29 is 9.18 Å². The van der Waals surface area contributed by atoms with E-state index in [-0.39, 0.29) is 10.7 Å². The van der Waals surface area contributed by atoms with Crippen LogP contribution >= 0.6 is 11.6 Å². The third-order valence-corrected chi connectivity index (χ3v) is 2.31. The standard InChI is InChI=1S/C12H7ClFNO/c13-11-7-8(5-6-15-11)12(16)9-3-1-2-4-10(9)14/h1-7H. The molecule has 1 aromatic heterocycles. The van der Waals surface area contributed by atoms with Gasteiger partial charge in [-0.15, -0.1) is 0 Å². The Morgan fingerprint density at radius 3 is 2.69 bits per heavy atom. The molecule has 2 aromatic rings. The molecular formula is C12H7ClFNO. The molecule has 0 amide bonds. The van der Waals surface area contributed by atoms with Crippen molar-refractivity contribution in [2.75, 3.05) is 0 Å². The normalized spacial score (nSPS) is 10.1. The Bertz CT molecular complexity index is 542. The van der Waals surface area contributed by atoms with Crippen LogP contribution < -0.4 is 0 Å². The van der Waals surface area contributed by atoms with Crippen LogP contribution in [0.25, 0.3) is 0 Å². The van der Waals surface area contributed by atoms with Gasteiger partial charge in [-0.2, -0.15) is 0 Å². The van der Waals surface area contributed by atoms with Crippen LogP contribution in [0.4, 0.5) is 4.39 Å². The summed E-state index contributed by atoms with van der Waals surface area (Å²) in [7, 11) is 0. The van der Waals surface area contributed by atoms with Gasteiger partial charge < -0.3 is 0 Å². The van der Waals surface area contributed by atoms with E-state index < -0.39 is 11.6 Å². The predicted molar refractivity (Wildman–Crippen MR) is 59.1 cm³/mol. The largest absolute Gasteiger partial charge is 0.288 e. The van der Waals surface area contributed by atoms with Crippen LogP contribution in [0.5, 0.6) is 0 Å². The van der Waals surface area contributed by atoms with E-state index in [0.717, 1.165) is 0 Å². The average Bonchev–Trinajstić information content (AvgIpc) is 2.29. The molecule has 0 aliphatic rings. The van der Waals surface area contributed by atoms with Gasteiger partial charge in [-0.3, -0.25) is 4.79 Å². The van der Waals surface area contributed by atoms with Gasteiger partial charge in [0, 0.05) is 11.8 Å². The maximum Gasteiger partial charge on any atom is 0.196 e. The lowest BCUT2D eigenvalue weighted by Crippen LogP contribution is -2.04. The molecule has 0 saturated carbocycles. The smallest absolute Gasteiger partial charge is 0.196 e. The molecule has 2 rings (SSSR count). The van der Waals surface area contributed by atoms with E-state index in [1.165, 1.54) is 36.5 Å². The van der Waals surface area contributed by atoms with Gasteiger partial charge in [0.15, 0.2) is 5.78 Å². The van der Waals surface area contributed by atoms with Crippen molar-refractivity contribution in [2.24, 2.45) is 0 Å². The number of carbonyl (C=O) groups is 1. The van der Waals surface area contributed by atoms with E-state index in [1.54, 1.807) is 6.07 Å². The highest BCUT2D eigenvalue weighted by Crippen LogP contribution is 2.15. The Labute approximate surface area is 96.7 Å². The van der Waals surface area contributed by atoms with Crippen molar-refractivity contribution in [1.29, 1.82) is 0 Å². The maximum atomic E-state index is 13.4. The zero-order valence-electron chi connectivity index (χ0n) is 8.15. The highest BCUT2D eigenvalue weighted by molar-refractivity contribution is 6.29. The molecule has 1 aromatic carbocycles. The van der Waals surface area contributed by atoms with Crippen LogP contribution in [-0.4, -0.2) is 10.8 Å². The van der Waals surface area contributed by atoms with Crippen molar-refractivity contribution in [3.05, 3.63) is 64.7 Å². The summed E-state index contributed by atoms with van der Waals surface area (Å²) in [4.78, 5) is 15.7. The fraction of sp³-hybridized carbons (Fsp3) is 0. The first-order chi connectivity index (χ1) is 7.68. The number of ketones is 1. The molecule has 4 heteroatoms. The van der Waals surface area contributed by atoms with Crippen molar-refractivity contribution in [1.82, 2.24) is 4.98 Å². The van der Waals surface area contributed by atoms with E-state index in [2.05, 4.69) is 4.98 Å². The molecular weight excluding hydrogens is 229 g/mol. The van der Waals surface area contributed by atoms with Gasteiger partial charge in [0.25, 0.3) is 0 Å². The second-order valence-corrected chi connectivity index (χ2v) is 3.56. The van der Waals surface area contributed by atoms with Gasteiger partial charge in [-0.25, -0.2) is 9.37 Å². The number of pyridine rings is 1. The lowest BCUT2D eigenvalue weighted by Gasteiger charge is -2.02. The minimum Gasteiger partial charge on any atom is -0.288 e. The maximum absolute atomic E-state index is 13.4. The fourth-order valence-corrected chi connectivity index (χ4v) is 1.52. The molecule has 0 radical (unpaired) electrons. The zero-order chi connectivity index (χ0) is 11.5. The molecule has 2 nitrogen and oxygen atoms in total. The first-order valence-electron chi connectivity index (χ1n) is 4.59. The van der Waals surface area contributed by atoms with E-state index in [1.807, 2.05) is 0 Å². The first-order valence-corrected chi connectivity index (χ1v) is 4.97. The number of nitrogens with zero attached hydrogens (tertiary/aromatic N) is 1. The van der Waals surface area contributed by atoms with Gasteiger partial charge in [-0.1, -0.05) is 23.7 Å². The summed E-state index contributed by atoms with van der Waals surface area (Å²) < 4.78 is 13.4. The summed E-state index contributed by atoms with van der Waals surface area (Å²) >= 11 is 5.66. The second-order valence-electron chi connectivity index (χ2n) is 3.18. The molecule has 0 saturated heterocycles. The summed E-state index contributed by atoms with van der Waals surface area (Å²) in [5, 5.41) is 0.210. The predicted octanol–water partition coefficient (Wildman–Crippen LogP) is 3.11. The highest BCUT2D eigenvalue weighted by Gasteiger charge is 2.13. The van der Waals surface area contributed by atoms with Crippen LogP contribution in [-0.2, 0) is 0 Å². The van der Waals surface area contributed by atoms with E-state index in [9.17, 15) is 9.18 Å². The van der Waals surface area contributed by atoms with Crippen molar-refractivity contribution in [3.8, 4) is 0 Å². The van der Waals surface area contributed by atoms with Gasteiger partial charge in [0.05, 0.1) is 5.56 Å². The Kier molecular flexibility index (Phi) is 2.97. The molecule has 0 fully saturated rings. The molecule has 0 bridgehead atoms. The summed E-state index contributed by atoms with van der Waals surface area (Å²) in [6.45, 7) is 0.